The molecule has 0 saturated heterocycles. The topological polar surface area (TPSA) is 60.8 Å². The molecule has 1 aromatic carbocycles. The van der Waals surface area contributed by atoms with Gasteiger partial charge in [0, 0.05) is 19.2 Å². The Hall–Kier alpha value is -1.65. The second-order valence-electron chi connectivity index (χ2n) is 4.93. The van der Waals surface area contributed by atoms with E-state index in [1.54, 1.807) is 6.08 Å². The van der Waals surface area contributed by atoms with E-state index in [-0.39, 0.29) is 32.2 Å². The van der Waals surface area contributed by atoms with Crippen molar-refractivity contribution in [3.8, 4) is 0 Å². The van der Waals surface area contributed by atoms with Gasteiger partial charge in [-0.15, -0.1) is 0 Å². The van der Waals surface area contributed by atoms with Crippen molar-refractivity contribution in [3.05, 3.63) is 41.5 Å². The number of carbonyl (C=O) groups is 1. The fourth-order valence-electron chi connectivity index (χ4n) is 1.84. The molecule has 4 nitrogen and oxygen atoms in total. The standard InChI is InChI=1S/C16H23NO3/c1-13(2)15-6-3-14(4-7-15)5-8-16(20)17(9-11-18)10-12-19/h3-8,13,18-19H,9-12H2,1-2H3/b8-5+. The Balaban J connectivity index is 2.67. The third-order valence-corrected chi connectivity index (χ3v) is 3.07. The smallest absolute Gasteiger partial charge is 0.246 e. The first-order chi connectivity index (χ1) is 9.58. The number of carbonyl (C=O) groups excluding carboxylic acids is 1. The number of benzene rings is 1. The molecule has 1 rings (SSSR count). The van der Waals surface area contributed by atoms with Crippen LogP contribution in [0.25, 0.3) is 6.08 Å². The molecule has 4 heteroatoms. The van der Waals surface area contributed by atoms with Gasteiger partial charge in [-0.1, -0.05) is 38.1 Å². The van der Waals surface area contributed by atoms with Crippen molar-refractivity contribution >= 4 is 12.0 Å². The highest BCUT2D eigenvalue weighted by molar-refractivity contribution is 5.91. The van der Waals surface area contributed by atoms with E-state index in [1.165, 1.54) is 16.5 Å². The molecule has 0 aliphatic heterocycles. The molecular formula is C16H23NO3. The zero-order chi connectivity index (χ0) is 15.0. The van der Waals surface area contributed by atoms with Gasteiger partial charge in [0.2, 0.25) is 5.91 Å². The lowest BCUT2D eigenvalue weighted by molar-refractivity contribution is -0.126. The van der Waals surface area contributed by atoms with Crippen molar-refractivity contribution < 1.29 is 15.0 Å². The Kier molecular flexibility index (Phi) is 6.98. The summed E-state index contributed by atoms with van der Waals surface area (Å²) in [6, 6.07) is 8.05. The predicted octanol–water partition coefficient (Wildman–Crippen LogP) is 1.64. The molecule has 1 amide bonds. The van der Waals surface area contributed by atoms with Gasteiger partial charge < -0.3 is 15.1 Å². The fraction of sp³-hybridized carbons (Fsp3) is 0.438. The first kappa shape index (κ1) is 16.4. The van der Waals surface area contributed by atoms with Crippen molar-refractivity contribution in [2.24, 2.45) is 0 Å². The van der Waals surface area contributed by atoms with E-state index in [1.807, 2.05) is 24.3 Å². The lowest BCUT2D eigenvalue weighted by Crippen LogP contribution is -2.34. The maximum atomic E-state index is 11.9. The monoisotopic (exact) mass is 277 g/mol. The molecule has 20 heavy (non-hydrogen) atoms. The Morgan fingerprint density at radius 1 is 1.15 bits per heavy atom. The molecule has 0 spiro atoms. The summed E-state index contributed by atoms with van der Waals surface area (Å²) < 4.78 is 0. The quantitative estimate of drug-likeness (QED) is 0.745. The van der Waals surface area contributed by atoms with Crippen LogP contribution in [-0.4, -0.2) is 47.3 Å². The van der Waals surface area contributed by atoms with E-state index >= 15 is 0 Å². The summed E-state index contributed by atoms with van der Waals surface area (Å²) >= 11 is 0. The number of hydrogen-bond acceptors (Lipinski definition) is 3. The van der Waals surface area contributed by atoms with E-state index in [0.717, 1.165) is 5.56 Å². The van der Waals surface area contributed by atoms with Crippen LogP contribution in [0.2, 0.25) is 0 Å². The van der Waals surface area contributed by atoms with Crippen LogP contribution in [0.15, 0.2) is 30.3 Å². The molecule has 0 fully saturated rings. The van der Waals surface area contributed by atoms with Crippen LogP contribution in [0.4, 0.5) is 0 Å². The van der Waals surface area contributed by atoms with Gasteiger partial charge in [0.15, 0.2) is 0 Å². The molecular weight excluding hydrogens is 254 g/mol. The minimum Gasteiger partial charge on any atom is -0.395 e. The van der Waals surface area contributed by atoms with Gasteiger partial charge in [-0.25, -0.2) is 0 Å². The molecule has 0 bridgehead atoms. The Morgan fingerprint density at radius 3 is 2.15 bits per heavy atom. The van der Waals surface area contributed by atoms with E-state index in [9.17, 15) is 4.79 Å². The van der Waals surface area contributed by atoms with Gasteiger partial charge in [0.05, 0.1) is 13.2 Å². The van der Waals surface area contributed by atoms with Crippen LogP contribution >= 0.6 is 0 Å². The number of aliphatic hydroxyl groups excluding tert-OH is 2. The second kappa shape index (κ2) is 8.51. The second-order valence-corrected chi connectivity index (χ2v) is 4.93. The zero-order valence-corrected chi connectivity index (χ0v) is 12.1. The summed E-state index contributed by atoms with van der Waals surface area (Å²) in [5.74, 6) is 0.278. The van der Waals surface area contributed by atoms with Crippen molar-refractivity contribution in [1.29, 1.82) is 0 Å². The van der Waals surface area contributed by atoms with Gasteiger partial charge in [0.1, 0.15) is 0 Å². The largest absolute Gasteiger partial charge is 0.395 e. The molecule has 110 valence electrons. The Labute approximate surface area is 120 Å². The summed E-state index contributed by atoms with van der Waals surface area (Å²) in [5, 5.41) is 17.8. The number of hydrogen-bond donors (Lipinski definition) is 2. The first-order valence-corrected chi connectivity index (χ1v) is 6.87. The van der Waals surface area contributed by atoms with Crippen LogP contribution in [0.1, 0.15) is 30.9 Å². The van der Waals surface area contributed by atoms with Crippen molar-refractivity contribution in [1.82, 2.24) is 4.90 Å². The maximum absolute atomic E-state index is 11.9. The molecule has 0 saturated carbocycles. The van der Waals surface area contributed by atoms with Crippen molar-refractivity contribution in [3.63, 3.8) is 0 Å². The van der Waals surface area contributed by atoms with E-state index in [0.29, 0.717) is 5.92 Å². The molecule has 0 radical (unpaired) electrons. The molecule has 1 aromatic rings. The molecule has 0 aromatic heterocycles. The normalized spacial score (nSPS) is 11.2. The van der Waals surface area contributed by atoms with Crippen LogP contribution in [-0.2, 0) is 4.79 Å². The van der Waals surface area contributed by atoms with Gasteiger partial charge >= 0.3 is 0 Å². The predicted molar refractivity (Wildman–Crippen MR) is 80.3 cm³/mol. The highest BCUT2D eigenvalue weighted by Gasteiger charge is 2.08. The molecule has 0 atom stereocenters. The summed E-state index contributed by atoms with van der Waals surface area (Å²) in [4.78, 5) is 13.3. The Bertz CT molecular complexity index is 432. The number of amides is 1. The molecule has 2 N–H and O–H groups in total. The lowest BCUT2D eigenvalue weighted by atomic mass is 10.0. The van der Waals surface area contributed by atoms with Crippen molar-refractivity contribution in [2.45, 2.75) is 19.8 Å². The summed E-state index contributed by atoms with van der Waals surface area (Å²) in [5.41, 5.74) is 2.21. The van der Waals surface area contributed by atoms with E-state index in [2.05, 4.69) is 13.8 Å². The van der Waals surface area contributed by atoms with Gasteiger partial charge in [0.25, 0.3) is 0 Å². The Morgan fingerprint density at radius 2 is 1.70 bits per heavy atom. The third kappa shape index (κ3) is 5.15. The van der Waals surface area contributed by atoms with Gasteiger partial charge in [-0.05, 0) is 23.1 Å². The summed E-state index contributed by atoms with van der Waals surface area (Å²) in [7, 11) is 0. The molecule has 0 aliphatic carbocycles. The van der Waals surface area contributed by atoms with Crippen molar-refractivity contribution in [2.75, 3.05) is 26.3 Å². The van der Waals surface area contributed by atoms with E-state index < -0.39 is 0 Å². The zero-order valence-electron chi connectivity index (χ0n) is 12.1. The van der Waals surface area contributed by atoms with Gasteiger partial charge in [-0.2, -0.15) is 0 Å². The highest BCUT2D eigenvalue weighted by Crippen LogP contribution is 2.15. The minimum absolute atomic E-state index is 0.108. The van der Waals surface area contributed by atoms with Gasteiger partial charge in [-0.3, -0.25) is 4.79 Å². The minimum atomic E-state index is -0.207. The van der Waals surface area contributed by atoms with E-state index in [4.69, 9.17) is 10.2 Å². The van der Waals surface area contributed by atoms with Crippen LogP contribution < -0.4 is 0 Å². The lowest BCUT2D eigenvalue weighted by Gasteiger charge is -2.18. The first-order valence-electron chi connectivity index (χ1n) is 6.87. The number of rotatable bonds is 7. The summed E-state index contributed by atoms with van der Waals surface area (Å²) in [6.45, 7) is 4.52. The fourth-order valence-corrected chi connectivity index (χ4v) is 1.84. The number of nitrogens with zero attached hydrogens (tertiary/aromatic N) is 1. The average molecular weight is 277 g/mol. The van der Waals surface area contributed by atoms with Crippen LogP contribution in [0, 0.1) is 0 Å². The SMILES string of the molecule is CC(C)c1ccc(/C=C/C(=O)N(CCO)CCO)cc1. The summed E-state index contributed by atoms with van der Waals surface area (Å²) in [6.07, 6.45) is 3.21. The number of aliphatic hydroxyl groups is 2. The molecule has 0 heterocycles. The third-order valence-electron chi connectivity index (χ3n) is 3.07. The maximum Gasteiger partial charge on any atom is 0.246 e. The van der Waals surface area contributed by atoms with Crippen LogP contribution in [0.5, 0.6) is 0 Å². The van der Waals surface area contributed by atoms with Crippen LogP contribution in [0.3, 0.4) is 0 Å². The highest BCUT2D eigenvalue weighted by atomic mass is 16.3. The molecule has 0 unspecified atom stereocenters. The molecule has 0 aliphatic rings. The average Bonchev–Trinajstić information content (AvgIpc) is 2.45.